The van der Waals surface area contributed by atoms with Crippen molar-refractivity contribution < 1.29 is 4.79 Å². The lowest BCUT2D eigenvalue weighted by Crippen LogP contribution is -2.46. The molecular weight excluding hydrogens is 218 g/mol. The smallest absolute Gasteiger partial charge is 0.237 e. The Bertz CT molecular complexity index is 370. The van der Waals surface area contributed by atoms with Gasteiger partial charge in [-0.2, -0.15) is 0 Å². The van der Waals surface area contributed by atoms with Crippen LogP contribution in [-0.4, -0.2) is 33.3 Å². The first kappa shape index (κ1) is 12.0. The summed E-state index contributed by atoms with van der Waals surface area (Å²) in [5.41, 5.74) is 0. The third-order valence-corrected chi connectivity index (χ3v) is 3.08. The monoisotopic (exact) mass is 237 g/mol. The summed E-state index contributed by atoms with van der Waals surface area (Å²) in [4.78, 5) is 11.9. The van der Waals surface area contributed by atoms with Gasteiger partial charge in [0.1, 0.15) is 6.33 Å². The van der Waals surface area contributed by atoms with E-state index < -0.39 is 0 Å². The van der Waals surface area contributed by atoms with E-state index in [9.17, 15) is 4.79 Å². The minimum atomic E-state index is -0.0400. The molecule has 0 aliphatic carbocycles. The molecule has 1 amide bonds. The quantitative estimate of drug-likeness (QED) is 0.776. The van der Waals surface area contributed by atoms with Crippen LogP contribution in [0.15, 0.2) is 6.33 Å². The molecule has 6 heteroatoms. The molecule has 17 heavy (non-hydrogen) atoms. The zero-order chi connectivity index (χ0) is 12.1. The summed E-state index contributed by atoms with van der Waals surface area (Å²) in [6.45, 7) is 4.23. The van der Waals surface area contributed by atoms with E-state index in [1.807, 2.05) is 11.5 Å². The number of piperidine rings is 1. The molecule has 1 aromatic heterocycles. The van der Waals surface area contributed by atoms with E-state index in [1.54, 1.807) is 6.33 Å². The van der Waals surface area contributed by atoms with E-state index in [0.717, 1.165) is 38.2 Å². The maximum Gasteiger partial charge on any atom is 0.237 e. The van der Waals surface area contributed by atoms with Gasteiger partial charge in [0.15, 0.2) is 5.82 Å². The van der Waals surface area contributed by atoms with Crippen molar-refractivity contribution in [1.29, 1.82) is 0 Å². The van der Waals surface area contributed by atoms with E-state index in [4.69, 9.17) is 0 Å². The summed E-state index contributed by atoms with van der Waals surface area (Å²) in [6.07, 6.45) is 4.89. The van der Waals surface area contributed by atoms with E-state index in [0.29, 0.717) is 6.54 Å². The Labute approximate surface area is 101 Å². The van der Waals surface area contributed by atoms with Gasteiger partial charge in [-0.3, -0.25) is 4.79 Å². The molecule has 1 aromatic rings. The first-order valence-electron chi connectivity index (χ1n) is 6.19. The SMILES string of the molecule is CCn1cnnc1CNC(=O)C1CCCCN1. The normalized spacial score (nSPS) is 20.2. The molecule has 1 saturated heterocycles. The summed E-state index contributed by atoms with van der Waals surface area (Å²) in [6, 6.07) is -0.0400. The molecule has 2 rings (SSSR count). The molecule has 0 saturated carbocycles. The Morgan fingerprint density at radius 2 is 2.53 bits per heavy atom. The maximum atomic E-state index is 11.9. The number of nitrogens with zero attached hydrogens (tertiary/aromatic N) is 3. The van der Waals surface area contributed by atoms with Crippen molar-refractivity contribution in [3.8, 4) is 0 Å². The average molecular weight is 237 g/mol. The Hall–Kier alpha value is -1.43. The predicted molar refractivity (Wildman–Crippen MR) is 63.2 cm³/mol. The fraction of sp³-hybridized carbons (Fsp3) is 0.727. The molecule has 0 spiro atoms. The highest BCUT2D eigenvalue weighted by atomic mass is 16.2. The Kier molecular flexibility index (Phi) is 4.08. The highest BCUT2D eigenvalue weighted by molar-refractivity contribution is 5.81. The molecular formula is C11H19N5O. The van der Waals surface area contributed by atoms with Gasteiger partial charge in [0.25, 0.3) is 0 Å². The Balaban J connectivity index is 1.83. The van der Waals surface area contributed by atoms with E-state index >= 15 is 0 Å². The zero-order valence-corrected chi connectivity index (χ0v) is 10.1. The van der Waals surface area contributed by atoms with E-state index in [1.165, 1.54) is 0 Å². The molecule has 2 heterocycles. The van der Waals surface area contributed by atoms with Crippen LogP contribution in [0.3, 0.4) is 0 Å². The minimum absolute atomic E-state index is 0.0400. The van der Waals surface area contributed by atoms with Crippen molar-refractivity contribution in [2.24, 2.45) is 0 Å². The number of aryl methyl sites for hydroxylation is 1. The van der Waals surface area contributed by atoms with Gasteiger partial charge in [0, 0.05) is 6.54 Å². The van der Waals surface area contributed by atoms with Crippen LogP contribution in [0.1, 0.15) is 32.0 Å². The van der Waals surface area contributed by atoms with Crippen LogP contribution in [0.2, 0.25) is 0 Å². The molecule has 0 bridgehead atoms. The van der Waals surface area contributed by atoms with Crippen LogP contribution in [0.5, 0.6) is 0 Å². The van der Waals surface area contributed by atoms with Crippen molar-refractivity contribution >= 4 is 5.91 Å². The number of carbonyl (C=O) groups excluding carboxylic acids is 1. The minimum Gasteiger partial charge on any atom is -0.347 e. The highest BCUT2D eigenvalue weighted by Crippen LogP contribution is 2.07. The predicted octanol–water partition coefficient (Wildman–Crippen LogP) is 0.0563. The van der Waals surface area contributed by atoms with Gasteiger partial charge in [0.05, 0.1) is 12.6 Å². The standard InChI is InChI=1S/C11H19N5O/c1-2-16-8-14-15-10(16)7-13-11(17)9-5-3-4-6-12-9/h8-9,12H,2-7H2,1H3,(H,13,17). The van der Waals surface area contributed by atoms with Gasteiger partial charge < -0.3 is 15.2 Å². The molecule has 0 aromatic carbocycles. The molecule has 6 nitrogen and oxygen atoms in total. The van der Waals surface area contributed by atoms with Gasteiger partial charge in [0.2, 0.25) is 5.91 Å². The molecule has 1 aliphatic heterocycles. The lowest BCUT2D eigenvalue weighted by molar-refractivity contribution is -0.123. The van der Waals surface area contributed by atoms with Crippen molar-refractivity contribution in [2.45, 2.75) is 45.3 Å². The average Bonchev–Trinajstić information content (AvgIpc) is 2.84. The number of hydrogen-bond acceptors (Lipinski definition) is 4. The molecule has 1 aliphatic rings. The van der Waals surface area contributed by atoms with Crippen LogP contribution in [0.4, 0.5) is 0 Å². The number of nitrogens with one attached hydrogen (secondary N) is 2. The molecule has 1 atom stereocenters. The van der Waals surface area contributed by atoms with Crippen LogP contribution >= 0.6 is 0 Å². The zero-order valence-electron chi connectivity index (χ0n) is 10.1. The second kappa shape index (κ2) is 5.77. The number of rotatable bonds is 4. The van der Waals surface area contributed by atoms with Crippen LogP contribution in [0.25, 0.3) is 0 Å². The number of aromatic nitrogens is 3. The van der Waals surface area contributed by atoms with Gasteiger partial charge in [-0.25, -0.2) is 0 Å². The van der Waals surface area contributed by atoms with Crippen molar-refractivity contribution in [2.75, 3.05) is 6.54 Å². The highest BCUT2D eigenvalue weighted by Gasteiger charge is 2.20. The first-order valence-corrected chi connectivity index (χ1v) is 6.19. The molecule has 94 valence electrons. The van der Waals surface area contributed by atoms with Gasteiger partial charge in [-0.1, -0.05) is 6.42 Å². The van der Waals surface area contributed by atoms with Crippen LogP contribution < -0.4 is 10.6 Å². The van der Waals surface area contributed by atoms with Crippen LogP contribution in [0, 0.1) is 0 Å². The second-order valence-corrected chi connectivity index (χ2v) is 4.25. The Morgan fingerprint density at radius 1 is 1.65 bits per heavy atom. The van der Waals surface area contributed by atoms with E-state index in [2.05, 4.69) is 20.8 Å². The topological polar surface area (TPSA) is 71.8 Å². The lowest BCUT2D eigenvalue weighted by atomic mass is 10.0. The number of hydrogen-bond donors (Lipinski definition) is 2. The van der Waals surface area contributed by atoms with Crippen molar-refractivity contribution in [3.63, 3.8) is 0 Å². The summed E-state index contributed by atoms with van der Waals surface area (Å²) in [5.74, 6) is 0.868. The molecule has 0 radical (unpaired) electrons. The van der Waals surface area contributed by atoms with E-state index in [-0.39, 0.29) is 11.9 Å². The summed E-state index contributed by atoms with van der Waals surface area (Å²) in [5, 5.41) is 13.9. The summed E-state index contributed by atoms with van der Waals surface area (Å²) < 4.78 is 1.93. The lowest BCUT2D eigenvalue weighted by Gasteiger charge is -2.22. The number of amides is 1. The van der Waals surface area contributed by atoms with Crippen LogP contribution in [-0.2, 0) is 17.9 Å². The van der Waals surface area contributed by atoms with Crippen molar-refractivity contribution in [3.05, 3.63) is 12.2 Å². The Morgan fingerprint density at radius 3 is 3.24 bits per heavy atom. The summed E-state index contributed by atoms with van der Waals surface area (Å²) in [7, 11) is 0. The van der Waals surface area contributed by atoms with Gasteiger partial charge in [-0.15, -0.1) is 10.2 Å². The largest absolute Gasteiger partial charge is 0.347 e. The fourth-order valence-corrected chi connectivity index (χ4v) is 2.04. The molecule has 1 fully saturated rings. The first-order chi connectivity index (χ1) is 8.31. The van der Waals surface area contributed by atoms with Gasteiger partial charge >= 0.3 is 0 Å². The van der Waals surface area contributed by atoms with Gasteiger partial charge in [-0.05, 0) is 26.3 Å². The summed E-state index contributed by atoms with van der Waals surface area (Å²) >= 11 is 0. The van der Waals surface area contributed by atoms with Crippen molar-refractivity contribution in [1.82, 2.24) is 25.4 Å². The molecule has 1 unspecified atom stereocenters. The number of carbonyl (C=O) groups is 1. The third kappa shape index (κ3) is 3.03. The second-order valence-electron chi connectivity index (χ2n) is 4.25. The molecule has 2 N–H and O–H groups in total. The maximum absolute atomic E-state index is 11.9. The fourth-order valence-electron chi connectivity index (χ4n) is 2.04. The third-order valence-electron chi connectivity index (χ3n) is 3.08.